The molecule has 0 amide bonds. The second-order valence-electron chi connectivity index (χ2n) is 16.1. The number of fused-ring (bicyclic) bond motifs is 10. The van der Waals surface area contributed by atoms with Gasteiger partial charge in [-0.2, -0.15) is 0 Å². The normalized spacial score (nSPS) is 12.3. The first kappa shape index (κ1) is 35.4. The van der Waals surface area contributed by atoms with E-state index >= 15 is 0 Å². The van der Waals surface area contributed by atoms with Crippen molar-refractivity contribution in [3.05, 3.63) is 213 Å². The summed E-state index contributed by atoms with van der Waals surface area (Å²) in [4.78, 5) is 14.5. The third-order valence-electron chi connectivity index (χ3n) is 12.6. The minimum Gasteiger partial charge on any atom is -0.458 e. The van der Waals surface area contributed by atoms with Crippen molar-refractivity contribution < 1.29 is 9.47 Å². The van der Waals surface area contributed by atoms with E-state index in [1.807, 2.05) is 42.7 Å². The smallest absolute Gasteiger partial charge is 0.262 e. The molecule has 0 fully saturated rings. The van der Waals surface area contributed by atoms with Crippen LogP contribution in [-0.2, 0) is 0 Å². The van der Waals surface area contributed by atoms with Gasteiger partial charge in [-0.05, 0) is 81.0 Å². The predicted octanol–water partition coefficient (Wildman–Crippen LogP) is 12.8. The largest absolute Gasteiger partial charge is 0.458 e. The van der Waals surface area contributed by atoms with Crippen LogP contribution in [0, 0.1) is 0 Å². The van der Waals surface area contributed by atoms with Crippen LogP contribution in [0.15, 0.2) is 213 Å². The molecule has 13 rings (SSSR count). The summed E-state index contributed by atoms with van der Waals surface area (Å²) < 4.78 is 14.2. The van der Waals surface area contributed by atoms with Crippen molar-refractivity contribution in [2.45, 2.75) is 0 Å². The third kappa shape index (κ3) is 5.46. The SMILES string of the molecule is c1ccc(N(c2cccc3ccccc23)c2cc3c(c4ccccc24)B2c4c(cccc4Oc4cc(N(c5ccccn5)c5cccc6ccccc56)c5ccccc5c42)O3)nc1. The molecule has 0 saturated carbocycles. The molecule has 2 aliphatic rings. The van der Waals surface area contributed by atoms with Crippen molar-refractivity contribution in [1.82, 2.24) is 9.97 Å². The molecule has 2 aliphatic heterocycles. The quantitative estimate of drug-likeness (QED) is 0.156. The highest BCUT2D eigenvalue weighted by molar-refractivity contribution is 7.01. The molecule has 0 spiro atoms. The Morgan fingerprint density at radius 1 is 0.317 bits per heavy atom. The van der Waals surface area contributed by atoms with Crippen molar-refractivity contribution in [3.8, 4) is 23.0 Å². The summed E-state index contributed by atoms with van der Waals surface area (Å²) >= 11 is 0. The number of pyridine rings is 2. The summed E-state index contributed by atoms with van der Waals surface area (Å²) in [5.74, 6) is 4.79. The van der Waals surface area contributed by atoms with Crippen molar-refractivity contribution in [1.29, 1.82) is 0 Å². The average Bonchev–Trinajstić information content (AvgIpc) is 3.35. The Bertz CT molecular complexity index is 3370. The molecule has 0 saturated heterocycles. The first-order chi connectivity index (χ1) is 31.3. The molecule has 0 unspecified atom stereocenters. The summed E-state index contributed by atoms with van der Waals surface area (Å²) in [6.07, 6.45) is 3.71. The number of aromatic nitrogens is 2. The fourth-order valence-corrected chi connectivity index (χ4v) is 10.0. The number of hydrogen-bond acceptors (Lipinski definition) is 6. The van der Waals surface area contributed by atoms with Crippen LogP contribution >= 0.6 is 0 Å². The van der Waals surface area contributed by atoms with Crippen molar-refractivity contribution in [2.75, 3.05) is 9.80 Å². The topological polar surface area (TPSA) is 50.7 Å². The van der Waals surface area contributed by atoms with Crippen LogP contribution in [0.2, 0.25) is 0 Å². The molecule has 4 heterocycles. The molecule has 9 aromatic carbocycles. The minimum atomic E-state index is -0.205. The lowest BCUT2D eigenvalue weighted by Gasteiger charge is -2.36. The fourth-order valence-electron chi connectivity index (χ4n) is 10.0. The van der Waals surface area contributed by atoms with Gasteiger partial charge in [0, 0.05) is 51.5 Å². The predicted molar refractivity (Wildman–Crippen MR) is 259 cm³/mol. The highest BCUT2D eigenvalue weighted by Crippen LogP contribution is 2.48. The Balaban J connectivity index is 1.08. The van der Waals surface area contributed by atoms with Crippen LogP contribution in [0.1, 0.15) is 0 Å². The molecule has 0 radical (unpaired) electrons. The van der Waals surface area contributed by atoms with E-state index in [1.54, 1.807) is 0 Å². The van der Waals surface area contributed by atoms with Crippen LogP contribution < -0.4 is 35.7 Å². The second kappa shape index (κ2) is 14.1. The number of benzene rings is 9. The molecule has 0 bridgehead atoms. The molecular formula is C56H35BN4O2. The van der Waals surface area contributed by atoms with Gasteiger partial charge in [0.15, 0.2) is 0 Å². The van der Waals surface area contributed by atoms with E-state index < -0.39 is 0 Å². The van der Waals surface area contributed by atoms with Gasteiger partial charge in [-0.15, -0.1) is 0 Å². The molecule has 11 aromatic rings. The monoisotopic (exact) mass is 806 g/mol. The second-order valence-corrected chi connectivity index (χ2v) is 16.1. The molecule has 63 heavy (non-hydrogen) atoms. The summed E-state index contributed by atoms with van der Waals surface area (Å²) in [6.45, 7) is -0.205. The Kier molecular flexibility index (Phi) is 7.90. The fraction of sp³-hybridized carbons (Fsp3) is 0. The van der Waals surface area contributed by atoms with Gasteiger partial charge in [-0.1, -0.05) is 140 Å². The van der Waals surface area contributed by atoms with E-state index in [0.717, 1.165) is 117 Å². The average molecular weight is 807 g/mol. The minimum absolute atomic E-state index is 0.205. The summed E-state index contributed by atoms with van der Waals surface area (Å²) in [7, 11) is 0. The molecule has 0 N–H and O–H groups in total. The van der Waals surface area contributed by atoms with Crippen molar-refractivity contribution >= 4 is 101 Å². The van der Waals surface area contributed by atoms with E-state index in [-0.39, 0.29) is 6.71 Å². The number of ether oxygens (including phenoxy) is 2. The molecule has 0 aliphatic carbocycles. The zero-order valence-electron chi connectivity index (χ0n) is 33.9. The number of rotatable bonds is 6. The van der Waals surface area contributed by atoms with Crippen molar-refractivity contribution in [3.63, 3.8) is 0 Å². The van der Waals surface area contributed by atoms with Crippen LogP contribution in [-0.4, -0.2) is 16.7 Å². The number of hydrogen-bond donors (Lipinski definition) is 0. The van der Waals surface area contributed by atoms with Gasteiger partial charge < -0.3 is 9.47 Å². The van der Waals surface area contributed by atoms with E-state index in [2.05, 4.69) is 180 Å². The highest BCUT2D eigenvalue weighted by atomic mass is 16.5. The van der Waals surface area contributed by atoms with Crippen LogP contribution in [0.5, 0.6) is 23.0 Å². The molecule has 2 aromatic heterocycles. The van der Waals surface area contributed by atoms with E-state index in [1.165, 1.54) is 0 Å². The first-order valence-corrected chi connectivity index (χ1v) is 21.3. The van der Waals surface area contributed by atoms with Gasteiger partial charge in [0.25, 0.3) is 6.71 Å². The maximum Gasteiger partial charge on any atom is 0.262 e. The van der Waals surface area contributed by atoms with Gasteiger partial charge in [-0.3, -0.25) is 9.80 Å². The zero-order chi connectivity index (χ0) is 41.4. The van der Waals surface area contributed by atoms with Crippen molar-refractivity contribution in [2.24, 2.45) is 0 Å². The third-order valence-corrected chi connectivity index (χ3v) is 12.6. The van der Waals surface area contributed by atoms with Gasteiger partial charge >= 0.3 is 0 Å². The first-order valence-electron chi connectivity index (χ1n) is 21.3. The number of nitrogens with zero attached hydrogens (tertiary/aromatic N) is 4. The van der Waals surface area contributed by atoms with Gasteiger partial charge in [0.1, 0.15) is 34.6 Å². The molecule has 7 heteroatoms. The van der Waals surface area contributed by atoms with Gasteiger partial charge in [0.2, 0.25) is 0 Å². The van der Waals surface area contributed by atoms with Crippen LogP contribution in [0.3, 0.4) is 0 Å². The van der Waals surface area contributed by atoms with Crippen LogP contribution in [0.4, 0.5) is 34.4 Å². The van der Waals surface area contributed by atoms with E-state index in [0.29, 0.717) is 0 Å². The van der Waals surface area contributed by atoms with Gasteiger partial charge in [-0.25, -0.2) is 9.97 Å². The molecule has 6 nitrogen and oxygen atoms in total. The maximum absolute atomic E-state index is 7.08. The number of anilines is 6. The summed E-state index contributed by atoms with van der Waals surface area (Å²) in [5.41, 5.74) is 7.26. The maximum atomic E-state index is 7.08. The van der Waals surface area contributed by atoms with E-state index in [9.17, 15) is 0 Å². The lowest BCUT2D eigenvalue weighted by atomic mass is 9.33. The van der Waals surface area contributed by atoms with Crippen LogP contribution in [0.25, 0.3) is 43.1 Å². The molecular weight excluding hydrogens is 771 g/mol. The Labute approximate surface area is 363 Å². The summed E-state index contributed by atoms with van der Waals surface area (Å²) in [5, 5.41) is 8.95. The lowest BCUT2D eigenvalue weighted by Crippen LogP contribution is -2.58. The standard InChI is InChI=1S/C56H35BN4O2/c1-3-20-38-36(16-1)18-13-26-44(38)60(52-30-9-11-32-58-52)46-34-50-54(42-24-7-5-22-40(42)46)57-55-43-25-8-6-23-41(43)47(35-51(55)63-49-29-15-28-48(62-50)56(49)57)61(53-31-10-12-33-59-53)45-27-14-19-37-17-2-4-21-39(37)45/h1-35H. The Hall–Kier alpha value is -8.42. The molecule has 294 valence electrons. The lowest BCUT2D eigenvalue weighted by molar-refractivity contribution is 0.465. The molecule has 0 atom stereocenters. The Morgan fingerprint density at radius 2 is 0.714 bits per heavy atom. The van der Waals surface area contributed by atoms with E-state index in [4.69, 9.17) is 19.4 Å². The highest BCUT2D eigenvalue weighted by Gasteiger charge is 2.43. The zero-order valence-corrected chi connectivity index (χ0v) is 33.9. The van der Waals surface area contributed by atoms with Gasteiger partial charge in [0.05, 0.1) is 22.7 Å². The Morgan fingerprint density at radius 3 is 1.17 bits per heavy atom. The summed E-state index contributed by atoms with van der Waals surface area (Å²) in [6, 6.07) is 70.2.